The van der Waals surface area contributed by atoms with Crippen molar-refractivity contribution < 1.29 is 13.2 Å². The summed E-state index contributed by atoms with van der Waals surface area (Å²) in [5.41, 5.74) is 11.0. The number of primary amides is 1. The minimum Gasteiger partial charge on any atom is -0.369 e. The summed E-state index contributed by atoms with van der Waals surface area (Å²) in [6, 6.07) is 6.06. The molecule has 0 saturated heterocycles. The first-order valence-corrected chi connectivity index (χ1v) is 6.01. The third-order valence-electron chi connectivity index (χ3n) is 1.91. The van der Waals surface area contributed by atoms with Gasteiger partial charge in [0.2, 0.25) is 15.9 Å². The summed E-state index contributed by atoms with van der Waals surface area (Å²) in [5, 5.41) is 0. The first kappa shape index (κ1) is 12.6. The topological polar surface area (TPSA) is 115 Å². The third-order valence-corrected chi connectivity index (χ3v) is 3.32. The van der Waals surface area contributed by atoms with Gasteiger partial charge in [-0.3, -0.25) is 4.79 Å². The van der Waals surface area contributed by atoms with Crippen molar-refractivity contribution in [2.24, 2.45) is 11.5 Å². The molecule has 1 aromatic carbocycles. The summed E-state index contributed by atoms with van der Waals surface area (Å²) < 4.78 is 25.3. The molecule has 0 atom stereocenters. The lowest BCUT2D eigenvalue weighted by Crippen LogP contribution is -2.33. The molecule has 7 heteroatoms. The predicted molar refractivity (Wildman–Crippen MR) is 58.7 cm³/mol. The number of hydrogen-bond acceptors (Lipinski definition) is 4. The van der Waals surface area contributed by atoms with E-state index in [0.29, 0.717) is 6.54 Å². The van der Waals surface area contributed by atoms with Gasteiger partial charge in [0, 0.05) is 6.54 Å². The number of amides is 1. The predicted octanol–water partition coefficient (Wildman–Crippen LogP) is -1.09. The van der Waals surface area contributed by atoms with E-state index in [4.69, 9.17) is 11.5 Å². The van der Waals surface area contributed by atoms with Gasteiger partial charge in [0.05, 0.1) is 11.4 Å². The minimum atomic E-state index is -3.67. The van der Waals surface area contributed by atoms with E-state index in [9.17, 15) is 13.2 Å². The molecule has 0 fully saturated rings. The first-order valence-electron chi connectivity index (χ1n) is 4.52. The van der Waals surface area contributed by atoms with Crippen molar-refractivity contribution in [2.45, 2.75) is 11.4 Å². The van der Waals surface area contributed by atoms with E-state index in [1.807, 2.05) is 0 Å². The van der Waals surface area contributed by atoms with Crippen LogP contribution in [0.2, 0.25) is 0 Å². The number of carbonyl (C=O) groups excluding carboxylic acids is 1. The van der Waals surface area contributed by atoms with Crippen molar-refractivity contribution in [1.29, 1.82) is 0 Å². The van der Waals surface area contributed by atoms with Crippen LogP contribution in [0.5, 0.6) is 0 Å². The Bertz CT molecular complexity index is 467. The second-order valence-corrected chi connectivity index (χ2v) is 4.91. The summed E-state index contributed by atoms with van der Waals surface area (Å²) in [6.07, 6.45) is 0. The quantitative estimate of drug-likeness (QED) is 0.609. The van der Waals surface area contributed by atoms with Gasteiger partial charge in [-0.2, -0.15) is 0 Å². The molecule has 0 saturated carbocycles. The van der Waals surface area contributed by atoms with Crippen molar-refractivity contribution in [3.63, 3.8) is 0 Å². The van der Waals surface area contributed by atoms with Crippen LogP contribution in [0.3, 0.4) is 0 Å². The van der Waals surface area contributed by atoms with E-state index in [2.05, 4.69) is 4.72 Å². The molecule has 1 amide bonds. The Kier molecular flexibility index (Phi) is 3.99. The van der Waals surface area contributed by atoms with E-state index in [0.717, 1.165) is 5.56 Å². The van der Waals surface area contributed by atoms with Crippen LogP contribution >= 0.6 is 0 Å². The number of carbonyl (C=O) groups is 1. The van der Waals surface area contributed by atoms with Crippen LogP contribution in [-0.2, 0) is 21.4 Å². The van der Waals surface area contributed by atoms with Gasteiger partial charge in [-0.25, -0.2) is 13.1 Å². The van der Waals surface area contributed by atoms with Gasteiger partial charge < -0.3 is 11.5 Å². The zero-order valence-electron chi connectivity index (χ0n) is 8.51. The summed E-state index contributed by atoms with van der Waals surface area (Å²) in [4.78, 5) is 10.5. The van der Waals surface area contributed by atoms with Crippen molar-refractivity contribution in [2.75, 3.05) is 6.54 Å². The number of rotatable bonds is 5. The Morgan fingerprint density at radius 3 is 2.25 bits per heavy atom. The third kappa shape index (κ3) is 3.30. The largest absolute Gasteiger partial charge is 0.369 e. The van der Waals surface area contributed by atoms with Crippen LogP contribution in [0.25, 0.3) is 0 Å². The van der Waals surface area contributed by atoms with Gasteiger partial charge in [0.1, 0.15) is 0 Å². The van der Waals surface area contributed by atoms with Crippen LogP contribution in [-0.4, -0.2) is 20.9 Å². The average Bonchev–Trinajstić information content (AvgIpc) is 2.27. The van der Waals surface area contributed by atoms with E-state index in [-0.39, 0.29) is 4.90 Å². The van der Waals surface area contributed by atoms with Crippen molar-refractivity contribution in [3.8, 4) is 0 Å². The highest BCUT2D eigenvalue weighted by molar-refractivity contribution is 7.89. The van der Waals surface area contributed by atoms with Crippen LogP contribution in [0.15, 0.2) is 29.2 Å². The Labute approximate surface area is 93.7 Å². The highest BCUT2D eigenvalue weighted by Crippen LogP contribution is 2.09. The van der Waals surface area contributed by atoms with Crippen LogP contribution in [0.4, 0.5) is 0 Å². The van der Waals surface area contributed by atoms with Crippen LogP contribution in [0, 0.1) is 0 Å². The molecule has 5 N–H and O–H groups in total. The van der Waals surface area contributed by atoms with Gasteiger partial charge in [-0.05, 0) is 17.7 Å². The zero-order chi connectivity index (χ0) is 12.2. The fraction of sp³-hybridized carbons (Fsp3) is 0.222. The Hall–Kier alpha value is -1.44. The molecule has 0 bridgehead atoms. The smallest absolute Gasteiger partial charge is 0.241 e. The first-order chi connectivity index (χ1) is 7.45. The molecule has 1 aromatic rings. The fourth-order valence-corrected chi connectivity index (χ4v) is 2.05. The second-order valence-electron chi connectivity index (χ2n) is 3.14. The van der Waals surface area contributed by atoms with Crippen molar-refractivity contribution in [1.82, 2.24) is 4.72 Å². The van der Waals surface area contributed by atoms with Gasteiger partial charge in [-0.15, -0.1) is 0 Å². The van der Waals surface area contributed by atoms with Crippen LogP contribution < -0.4 is 16.2 Å². The van der Waals surface area contributed by atoms with Crippen LogP contribution in [0.1, 0.15) is 5.56 Å². The number of benzene rings is 1. The molecule has 88 valence electrons. The molecule has 1 rings (SSSR count). The molecule has 0 unspecified atom stereocenters. The molecule has 0 heterocycles. The van der Waals surface area contributed by atoms with E-state index >= 15 is 0 Å². The van der Waals surface area contributed by atoms with Gasteiger partial charge in [0.15, 0.2) is 0 Å². The number of nitrogens with one attached hydrogen (secondary N) is 1. The molecule has 0 aliphatic carbocycles. The van der Waals surface area contributed by atoms with Gasteiger partial charge in [-0.1, -0.05) is 12.1 Å². The molecule has 0 spiro atoms. The van der Waals surface area contributed by atoms with Crippen molar-refractivity contribution in [3.05, 3.63) is 29.8 Å². The highest BCUT2D eigenvalue weighted by Gasteiger charge is 2.13. The number of nitrogens with two attached hydrogens (primary N) is 2. The average molecular weight is 243 g/mol. The maximum Gasteiger partial charge on any atom is 0.241 e. The Morgan fingerprint density at radius 1 is 1.25 bits per heavy atom. The van der Waals surface area contributed by atoms with Crippen molar-refractivity contribution >= 4 is 15.9 Å². The lowest BCUT2D eigenvalue weighted by atomic mass is 10.2. The summed E-state index contributed by atoms with van der Waals surface area (Å²) in [7, 11) is -3.67. The molecule has 0 radical (unpaired) electrons. The molecule has 6 nitrogen and oxygen atoms in total. The maximum absolute atomic E-state index is 11.6. The maximum atomic E-state index is 11.6. The van der Waals surface area contributed by atoms with Gasteiger partial charge in [0.25, 0.3) is 0 Å². The Morgan fingerprint density at radius 2 is 1.81 bits per heavy atom. The number of sulfonamides is 1. The number of hydrogen-bond donors (Lipinski definition) is 3. The second kappa shape index (κ2) is 5.06. The summed E-state index contributed by atoms with van der Waals surface area (Å²) >= 11 is 0. The lowest BCUT2D eigenvalue weighted by Gasteiger charge is -2.05. The lowest BCUT2D eigenvalue weighted by molar-refractivity contribution is -0.116. The normalized spacial score (nSPS) is 11.3. The van der Waals surface area contributed by atoms with E-state index in [1.165, 1.54) is 12.1 Å². The minimum absolute atomic E-state index is 0.0750. The monoisotopic (exact) mass is 243 g/mol. The molecule has 0 aliphatic rings. The SMILES string of the molecule is NCc1ccc(S(=O)(=O)NCC(N)=O)cc1. The fourth-order valence-electron chi connectivity index (χ4n) is 1.05. The van der Waals surface area contributed by atoms with Gasteiger partial charge >= 0.3 is 0 Å². The molecular formula is C9H13N3O3S. The Balaban J connectivity index is 2.85. The zero-order valence-corrected chi connectivity index (χ0v) is 9.33. The molecular weight excluding hydrogens is 230 g/mol. The summed E-state index contributed by atoms with van der Waals surface area (Å²) in [5.74, 6) is -0.734. The summed E-state index contributed by atoms with van der Waals surface area (Å²) in [6.45, 7) is -0.0734. The van der Waals surface area contributed by atoms with E-state index < -0.39 is 22.5 Å². The standard InChI is InChI=1S/C9H13N3O3S/c10-5-7-1-3-8(4-2-7)16(14,15)12-6-9(11)13/h1-4,12H,5-6,10H2,(H2,11,13). The highest BCUT2D eigenvalue weighted by atomic mass is 32.2. The van der Waals surface area contributed by atoms with E-state index in [1.54, 1.807) is 12.1 Å². The molecule has 16 heavy (non-hydrogen) atoms. The molecule has 0 aliphatic heterocycles. The molecule has 0 aromatic heterocycles.